The number of hydrogen-bond acceptors (Lipinski definition) is 9. The zero-order valence-electron chi connectivity index (χ0n) is 17.9. The van der Waals surface area contributed by atoms with Crippen LogP contribution in [0.25, 0.3) is 11.3 Å². The van der Waals surface area contributed by atoms with Gasteiger partial charge in [-0.1, -0.05) is 6.92 Å². The number of hydrogen-bond donors (Lipinski definition) is 2. The van der Waals surface area contributed by atoms with Crippen molar-refractivity contribution in [2.24, 2.45) is 5.92 Å². The van der Waals surface area contributed by atoms with Crippen molar-refractivity contribution >= 4 is 17.7 Å². The minimum atomic E-state index is 0.0301. The van der Waals surface area contributed by atoms with Crippen LogP contribution >= 0.6 is 0 Å². The van der Waals surface area contributed by atoms with E-state index in [1.165, 1.54) is 5.56 Å². The molecule has 2 aromatic heterocycles. The van der Waals surface area contributed by atoms with Gasteiger partial charge < -0.3 is 25.6 Å². The first-order chi connectivity index (χ1) is 14.5. The molecule has 160 valence electrons. The summed E-state index contributed by atoms with van der Waals surface area (Å²) in [6.07, 6.45) is 4.44. The van der Waals surface area contributed by atoms with Crippen LogP contribution < -0.4 is 20.9 Å². The van der Waals surface area contributed by atoms with Crippen LogP contribution in [0.3, 0.4) is 0 Å². The molecule has 3 aliphatic heterocycles. The minimum absolute atomic E-state index is 0.0301. The normalized spacial score (nSPS) is 28.8. The molecule has 3 aliphatic rings. The molecule has 3 atom stereocenters. The zero-order chi connectivity index (χ0) is 20.9. The molecule has 0 amide bonds. The summed E-state index contributed by atoms with van der Waals surface area (Å²) in [5.74, 6) is 2.60. The molecular weight excluding hydrogens is 380 g/mol. The summed E-state index contributed by atoms with van der Waals surface area (Å²) in [4.78, 5) is 23.3. The van der Waals surface area contributed by atoms with E-state index in [0.29, 0.717) is 19.1 Å². The van der Waals surface area contributed by atoms with E-state index >= 15 is 0 Å². The van der Waals surface area contributed by atoms with Gasteiger partial charge in [0.15, 0.2) is 0 Å². The Labute approximate surface area is 177 Å². The average molecular weight is 411 g/mol. The van der Waals surface area contributed by atoms with Crippen LogP contribution in [0.15, 0.2) is 12.4 Å². The molecule has 0 bridgehead atoms. The average Bonchev–Trinajstić information content (AvgIpc) is 3.32. The molecule has 0 unspecified atom stereocenters. The summed E-state index contributed by atoms with van der Waals surface area (Å²) in [6, 6.07) is 0.227. The van der Waals surface area contributed by atoms with Crippen molar-refractivity contribution in [2.75, 3.05) is 54.9 Å². The Bertz CT molecular complexity index is 935. The first-order valence-electron chi connectivity index (χ1n) is 10.8. The molecule has 9 nitrogen and oxygen atoms in total. The first-order valence-corrected chi connectivity index (χ1v) is 10.8. The summed E-state index contributed by atoms with van der Waals surface area (Å²) in [5.41, 5.74) is 8.73. The number of nitrogen functional groups attached to an aromatic ring is 1. The Kier molecular flexibility index (Phi) is 4.74. The molecule has 0 spiro atoms. The largest absolute Gasteiger partial charge is 0.377 e. The molecule has 5 heterocycles. The lowest BCUT2D eigenvalue weighted by molar-refractivity contribution is 0.0981. The molecular formula is C21H30N8O. The number of ether oxygens (including phenoxy) is 1. The van der Waals surface area contributed by atoms with Gasteiger partial charge in [0.05, 0.1) is 30.5 Å². The van der Waals surface area contributed by atoms with E-state index in [-0.39, 0.29) is 17.5 Å². The first kappa shape index (κ1) is 19.4. The minimum Gasteiger partial charge on any atom is -0.377 e. The number of aromatic nitrogens is 4. The van der Waals surface area contributed by atoms with Gasteiger partial charge in [0, 0.05) is 49.7 Å². The van der Waals surface area contributed by atoms with Crippen molar-refractivity contribution in [3.63, 3.8) is 0 Å². The highest BCUT2D eigenvalue weighted by Gasteiger charge is 2.45. The molecule has 2 fully saturated rings. The quantitative estimate of drug-likeness (QED) is 0.769. The maximum Gasteiger partial charge on any atom is 0.228 e. The third kappa shape index (κ3) is 3.07. The monoisotopic (exact) mass is 410 g/mol. The second-order valence-electron chi connectivity index (χ2n) is 8.91. The van der Waals surface area contributed by atoms with Crippen LogP contribution in [0.4, 0.5) is 17.7 Å². The Balaban J connectivity index is 1.64. The number of fused-ring (bicyclic) bond motifs is 1. The molecule has 5 rings (SSSR count). The van der Waals surface area contributed by atoms with Crippen molar-refractivity contribution < 1.29 is 4.74 Å². The second kappa shape index (κ2) is 7.31. The number of rotatable bonds is 3. The smallest absolute Gasteiger partial charge is 0.228 e. The van der Waals surface area contributed by atoms with Crippen LogP contribution in [-0.2, 0) is 11.2 Å². The van der Waals surface area contributed by atoms with Gasteiger partial charge in [-0.2, -0.15) is 4.98 Å². The van der Waals surface area contributed by atoms with Crippen molar-refractivity contribution in [3.05, 3.63) is 18.0 Å². The maximum absolute atomic E-state index is 5.73. The van der Waals surface area contributed by atoms with Crippen molar-refractivity contribution in [1.82, 2.24) is 25.3 Å². The number of anilines is 3. The lowest BCUT2D eigenvalue weighted by Crippen LogP contribution is -2.51. The van der Waals surface area contributed by atoms with Gasteiger partial charge in [0.25, 0.3) is 0 Å². The van der Waals surface area contributed by atoms with Crippen LogP contribution in [0, 0.1) is 5.92 Å². The standard InChI is InChI=1S/C21H30N8O/c1-13-8-23-12-21(13,3)29-5-4-16-17(15-9-24-19(22)25-10-15)26-20(27-18(16)29)28-6-7-30-11-14(28)2/h9-10,13-14,23H,4-8,11-12H2,1-3H3,(H2,22,24,25)/t13-,14-,21+/m0/s1. The van der Waals surface area contributed by atoms with E-state index in [0.717, 1.165) is 55.6 Å². The van der Waals surface area contributed by atoms with Crippen LogP contribution in [0.1, 0.15) is 26.3 Å². The predicted molar refractivity (Wildman–Crippen MR) is 117 cm³/mol. The maximum atomic E-state index is 5.73. The third-order valence-corrected chi connectivity index (χ3v) is 7.00. The molecule has 0 radical (unpaired) electrons. The number of nitrogens with zero attached hydrogens (tertiary/aromatic N) is 6. The molecule has 3 N–H and O–H groups in total. The van der Waals surface area contributed by atoms with E-state index in [1.54, 1.807) is 12.4 Å². The summed E-state index contributed by atoms with van der Waals surface area (Å²) >= 11 is 0. The van der Waals surface area contributed by atoms with Gasteiger partial charge in [-0.05, 0) is 26.2 Å². The summed E-state index contributed by atoms with van der Waals surface area (Å²) in [5, 5.41) is 3.56. The molecule has 2 aromatic rings. The Morgan fingerprint density at radius 3 is 2.70 bits per heavy atom. The van der Waals surface area contributed by atoms with E-state index in [4.69, 9.17) is 20.4 Å². The molecule has 9 heteroatoms. The van der Waals surface area contributed by atoms with E-state index in [9.17, 15) is 0 Å². The molecule has 0 aliphatic carbocycles. The highest BCUT2D eigenvalue weighted by molar-refractivity contribution is 5.73. The Hall–Kier alpha value is -2.52. The van der Waals surface area contributed by atoms with Crippen LogP contribution in [-0.4, -0.2) is 70.9 Å². The van der Waals surface area contributed by atoms with Gasteiger partial charge in [0.1, 0.15) is 5.82 Å². The third-order valence-electron chi connectivity index (χ3n) is 7.00. The molecule has 30 heavy (non-hydrogen) atoms. The zero-order valence-corrected chi connectivity index (χ0v) is 17.9. The summed E-state index contributed by atoms with van der Waals surface area (Å²) in [6.45, 7) is 11.9. The fraction of sp³-hybridized carbons (Fsp3) is 0.619. The van der Waals surface area contributed by atoms with Gasteiger partial charge in [-0.25, -0.2) is 15.0 Å². The van der Waals surface area contributed by atoms with Gasteiger partial charge >= 0.3 is 0 Å². The van der Waals surface area contributed by atoms with Crippen LogP contribution in [0.5, 0.6) is 0 Å². The number of nitrogens with two attached hydrogens (primary N) is 1. The highest BCUT2D eigenvalue weighted by atomic mass is 16.5. The van der Waals surface area contributed by atoms with Crippen molar-refractivity contribution in [1.29, 1.82) is 0 Å². The Morgan fingerprint density at radius 2 is 2.00 bits per heavy atom. The predicted octanol–water partition coefficient (Wildman–Crippen LogP) is 1.10. The lowest BCUT2D eigenvalue weighted by Gasteiger charge is -2.40. The fourth-order valence-electron chi connectivity index (χ4n) is 4.89. The highest BCUT2D eigenvalue weighted by Crippen LogP contribution is 2.41. The fourth-order valence-corrected chi connectivity index (χ4v) is 4.89. The lowest BCUT2D eigenvalue weighted by atomic mass is 9.89. The van der Waals surface area contributed by atoms with Crippen molar-refractivity contribution in [3.8, 4) is 11.3 Å². The molecule has 2 saturated heterocycles. The molecule has 0 saturated carbocycles. The molecule has 0 aromatic carbocycles. The van der Waals surface area contributed by atoms with E-state index in [1.807, 2.05) is 0 Å². The SMILES string of the molecule is C[C@H]1COCCN1c1nc(-c2cnc(N)nc2)c2c(n1)N([C@]1(C)CNC[C@@H]1C)CC2. The number of nitrogens with one attached hydrogen (secondary N) is 1. The van der Waals surface area contributed by atoms with Gasteiger partial charge in [-0.3, -0.25) is 0 Å². The number of morpholine rings is 1. The van der Waals surface area contributed by atoms with Crippen LogP contribution in [0.2, 0.25) is 0 Å². The summed E-state index contributed by atoms with van der Waals surface area (Å²) in [7, 11) is 0. The summed E-state index contributed by atoms with van der Waals surface area (Å²) < 4.78 is 5.64. The van der Waals surface area contributed by atoms with E-state index < -0.39 is 0 Å². The topological polar surface area (TPSA) is 105 Å². The van der Waals surface area contributed by atoms with Gasteiger partial charge in [-0.15, -0.1) is 0 Å². The van der Waals surface area contributed by atoms with Gasteiger partial charge in [0.2, 0.25) is 11.9 Å². The second-order valence-corrected chi connectivity index (χ2v) is 8.91. The van der Waals surface area contributed by atoms with Crippen molar-refractivity contribution in [2.45, 2.75) is 38.8 Å². The van der Waals surface area contributed by atoms with E-state index in [2.05, 4.69) is 45.9 Å². The Morgan fingerprint density at radius 1 is 1.20 bits per heavy atom.